The number of fused-ring (bicyclic) bond motifs is 1. The van der Waals surface area contributed by atoms with Crippen LogP contribution < -0.4 is 10.6 Å². The molecule has 0 fully saturated rings. The molecule has 4 N–H and O–H groups in total. The van der Waals surface area contributed by atoms with E-state index in [9.17, 15) is 19.5 Å². The molecule has 0 amide bonds. The van der Waals surface area contributed by atoms with E-state index in [4.69, 9.17) is 4.52 Å². The van der Waals surface area contributed by atoms with E-state index >= 15 is 0 Å². The molecule has 1 unspecified atom stereocenters. The molecule has 176 valence electrons. The van der Waals surface area contributed by atoms with E-state index in [-0.39, 0.29) is 40.4 Å². The highest BCUT2D eigenvalue weighted by Gasteiger charge is 2.49. The maximum atomic E-state index is 13.9. The summed E-state index contributed by atoms with van der Waals surface area (Å²) in [5, 5.41) is 25.7. The second kappa shape index (κ2) is 8.32. The summed E-state index contributed by atoms with van der Waals surface area (Å²) >= 11 is 0. The molecule has 7 nitrogen and oxygen atoms in total. The van der Waals surface area contributed by atoms with Crippen molar-refractivity contribution in [1.82, 2.24) is 4.57 Å². The summed E-state index contributed by atoms with van der Waals surface area (Å²) < 4.78 is 25.5. The molecule has 2 aromatic rings. The third-order valence-electron chi connectivity index (χ3n) is 5.31. The molecule has 2 heterocycles. The summed E-state index contributed by atoms with van der Waals surface area (Å²) in [6, 6.07) is 3.94. The molecule has 0 saturated heterocycles. The van der Waals surface area contributed by atoms with Gasteiger partial charge >= 0.3 is 7.87 Å². The second-order valence-corrected chi connectivity index (χ2v) is 12.3. The van der Waals surface area contributed by atoms with Crippen LogP contribution in [0, 0.1) is 11.2 Å². The largest absolute Gasteiger partial charge is 0.505 e. The Morgan fingerprint density at radius 3 is 2.38 bits per heavy atom. The lowest BCUT2D eigenvalue weighted by molar-refractivity contribution is 0.318. The molecule has 0 bridgehead atoms. The molecule has 9 heteroatoms. The first-order valence-electron chi connectivity index (χ1n) is 10.8. The smallest absolute Gasteiger partial charge is 0.432 e. The molecule has 0 spiro atoms. The zero-order valence-electron chi connectivity index (χ0n) is 19.8. The van der Waals surface area contributed by atoms with E-state index in [1.807, 2.05) is 20.8 Å². The normalized spacial score (nSPS) is 18.8. The van der Waals surface area contributed by atoms with E-state index < -0.39 is 19.1 Å². The summed E-state index contributed by atoms with van der Waals surface area (Å²) in [5.41, 5.74) is 0.629. The zero-order valence-corrected chi connectivity index (χ0v) is 20.7. The Bertz CT molecular complexity index is 1050. The van der Waals surface area contributed by atoms with Gasteiger partial charge in [0.15, 0.2) is 11.6 Å². The van der Waals surface area contributed by atoms with Crippen molar-refractivity contribution in [1.29, 1.82) is 0 Å². The van der Waals surface area contributed by atoms with Gasteiger partial charge in [-0.25, -0.2) is 4.39 Å². The minimum absolute atomic E-state index is 0.0199. The quantitative estimate of drug-likeness (QED) is 0.462. The van der Waals surface area contributed by atoms with Gasteiger partial charge in [-0.1, -0.05) is 41.5 Å². The van der Waals surface area contributed by atoms with Crippen LogP contribution in [-0.2, 0) is 16.5 Å². The van der Waals surface area contributed by atoms with Crippen LogP contribution in [0.1, 0.15) is 66.1 Å². The lowest BCUT2D eigenvalue weighted by Gasteiger charge is -2.25. The number of nitrogens with one attached hydrogen (secondary N) is 1. The van der Waals surface area contributed by atoms with Gasteiger partial charge in [-0.2, -0.15) is 9.42 Å². The van der Waals surface area contributed by atoms with E-state index in [0.717, 1.165) is 6.42 Å². The van der Waals surface area contributed by atoms with Crippen LogP contribution in [0.4, 0.5) is 10.1 Å². The molecule has 1 aromatic carbocycles. The van der Waals surface area contributed by atoms with Crippen molar-refractivity contribution >= 4 is 24.7 Å². The number of rotatable bonds is 5. The molecule has 1 aliphatic heterocycles. The second-order valence-electron chi connectivity index (χ2n) is 10.3. The fourth-order valence-corrected chi connectivity index (χ4v) is 5.64. The highest BCUT2D eigenvalue weighted by Crippen LogP contribution is 2.60. The highest BCUT2D eigenvalue weighted by molar-refractivity contribution is 7.72. The fraction of sp³-hybridized carbons (Fsp3) is 0.522. The Morgan fingerprint density at radius 1 is 1.16 bits per heavy atom. The first kappa shape index (κ1) is 24.5. The summed E-state index contributed by atoms with van der Waals surface area (Å²) in [6.45, 7) is 14.6. The van der Waals surface area contributed by atoms with E-state index in [1.165, 1.54) is 18.2 Å². The van der Waals surface area contributed by atoms with Crippen LogP contribution in [0.5, 0.6) is 11.6 Å². The Hall–Kier alpha value is -2.15. The van der Waals surface area contributed by atoms with Crippen molar-refractivity contribution in [3.63, 3.8) is 0 Å². The van der Waals surface area contributed by atoms with Gasteiger partial charge in [0, 0.05) is 18.0 Å². The van der Waals surface area contributed by atoms with Crippen LogP contribution in [0.3, 0.4) is 0 Å². The van der Waals surface area contributed by atoms with Crippen LogP contribution in [-0.4, -0.2) is 32.1 Å². The third-order valence-corrected chi connectivity index (χ3v) is 7.40. The first-order chi connectivity index (χ1) is 14.7. The van der Waals surface area contributed by atoms with Crippen molar-refractivity contribution in [2.75, 3.05) is 11.9 Å². The molecule has 0 aliphatic carbocycles. The predicted molar refractivity (Wildman–Crippen MR) is 127 cm³/mol. The number of hydrogen-bond acceptors (Lipinski definition) is 6. The van der Waals surface area contributed by atoms with E-state index in [2.05, 4.69) is 30.9 Å². The van der Waals surface area contributed by atoms with Crippen molar-refractivity contribution < 1.29 is 24.0 Å². The van der Waals surface area contributed by atoms with Crippen LogP contribution in [0.2, 0.25) is 0 Å². The van der Waals surface area contributed by atoms with Crippen molar-refractivity contribution in [2.24, 2.45) is 10.2 Å². The summed E-state index contributed by atoms with van der Waals surface area (Å²) in [6.07, 6.45) is 0.773. The average Bonchev–Trinajstić information content (AvgIpc) is 2.90. The standard InChI is InChI=1S/C23H33FN3O4P/c1-8-31-32(30)16-13-14(24)9-10-15(16)25-20(26-32)17-18(28)19(23(5,6)7)27(21(17)29)12-11-22(2,3)4/h9-10,13,30H,8,11-12H2,1-7H3,(H2-,25,26,28,29)/p+1. The topological polar surface area (TPSA) is 99.2 Å². The van der Waals surface area contributed by atoms with Crippen LogP contribution in [0.15, 0.2) is 23.0 Å². The lowest BCUT2D eigenvalue weighted by atomic mass is 9.89. The number of nitrogens with zero attached hydrogens (tertiary/aromatic N) is 2. The Labute approximate surface area is 189 Å². The number of halogens is 1. The average molecular weight is 467 g/mol. The Morgan fingerprint density at radius 2 is 1.81 bits per heavy atom. The molecule has 0 radical (unpaired) electrons. The Balaban J connectivity index is 2.20. The number of aromatic hydroxyl groups is 2. The van der Waals surface area contributed by atoms with Crippen molar-refractivity contribution in [2.45, 2.75) is 66.8 Å². The molecular weight excluding hydrogens is 432 g/mol. The Kier molecular flexibility index (Phi) is 6.37. The maximum absolute atomic E-state index is 13.9. The van der Waals surface area contributed by atoms with E-state index in [0.29, 0.717) is 17.9 Å². The van der Waals surface area contributed by atoms with Gasteiger partial charge in [0.25, 0.3) is 0 Å². The third kappa shape index (κ3) is 4.63. The SMILES string of the molecule is CCO[P+]1(O)N=C(c2c(O)c(C(C)(C)C)n(CCC(C)(C)C)c2O)Nc2ccc(F)cc21. The molecular formula is C23H34FN3O4P+. The van der Waals surface area contributed by atoms with Gasteiger partial charge in [0.05, 0.1) is 18.0 Å². The van der Waals surface area contributed by atoms with Crippen molar-refractivity contribution in [3.8, 4) is 11.6 Å². The van der Waals surface area contributed by atoms with Crippen molar-refractivity contribution in [3.05, 3.63) is 35.3 Å². The maximum Gasteiger partial charge on any atom is 0.432 e. The molecule has 1 aromatic heterocycles. The number of hydrogen-bond donors (Lipinski definition) is 4. The molecule has 0 saturated carbocycles. The summed E-state index contributed by atoms with van der Waals surface area (Å²) in [7, 11) is -3.58. The lowest BCUT2D eigenvalue weighted by Crippen LogP contribution is -2.28. The number of aromatic nitrogens is 1. The van der Waals surface area contributed by atoms with Gasteiger partial charge < -0.3 is 20.1 Å². The molecule has 32 heavy (non-hydrogen) atoms. The summed E-state index contributed by atoms with van der Waals surface area (Å²) in [5.74, 6) is -0.680. The molecule has 1 atom stereocenters. The fourth-order valence-electron chi connectivity index (χ4n) is 3.82. The first-order valence-corrected chi connectivity index (χ1v) is 12.4. The number of anilines is 1. The molecule has 3 rings (SSSR count). The minimum Gasteiger partial charge on any atom is -0.505 e. The van der Waals surface area contributed by atoms with Gasteiger partial charge in [-0.05, 0) is 35.7 Å². The van der Waals surface area contributed by atoms with Gasteiger partial charge in [-0.3, -0.25) is 0 Å². The van der Waals surface area contributed by atoms with Gasteiger partial charge in [0.1, 0.15) is 11.4 Å². The van der Waals surface area contributed by atoms with Crippen LogP contribution in [0.25, 0.3) is 0 Å². The zero-order chi connectivity index (χ0) is 24.1. The minimum atomic E-state index is -3.58. The molecule has 1 aliphatic rings. The monoisotopic (exact) mass is 466 g/mol. The number of benzene rings is 1. The number of amidine groups is 1. The van der Waals surface area contributed by atoms with Crippen LogP contribution >= 0.6 is 7.87 Å². The highest BCUT2D eigenvalue weighted by atomic mass is 31.2. The van der Waals surface area contributed by atoms with E-state index in [1.54, 1.807) is 11.5 Å². The summed E-state index contributed by atoms with van der Waals surface area (Å²) in [4.78, 5) is 11.2. The van der Waals surface area contributed by atoms with Gasteiger partial charge in [0.2, 0.25) is 11.2 Å². The van der Waals surface area contributed by atoms with Gasteiger partial charge in [-0.15, -0.1) is 0 Å². The predicted octanol–water partition coefficient (Wildman–Crippen LogP) is 5.06.